The SMILES string of the molecule is COCCCN1C(=O)/C(=C/c2c(N3CCNC(=O)[C@H]3CC(=O)OC)nc3ccccn3c2=O)SC1=S. The number of nitrogens with zero attached hydrogens (tertiary/aromatic N) is 4. The Morgan fingerprint density at radius 2 is 2.11 bits per heavy atom. The second kappa shape index (κ2) is 11.2. The van der Waals surface area contributed by atoms with E-state index in [4.69, 9.17) is 21.7 Å². The highest BCUT2D eigenvalue weighted by Gasteiger charge is 2.36. The lowest BCUT2D eigenvalue weighted by Gasteiger charge is -2.36. The van der Waals surface area contributed by atoms with Gasteiger partial charge >= 0.3 is 5.97 Å². The number of hydrogen-bond acceptors (Lipinski definition) is 10. The Morgan fingerprint density at radius 1 is 1.31 bits per heavy atom. The topological polar surface area (TPSA) is 123 Å². The molecule has 2 amide bonds. The van der Waals surface area contributed by atoms with Crippen LogP contribution in [-0.2, 0) is 23.9 Å². The summed E-state index contributed by atoms with van der Waals surface area (Å²) in [7, 11) is 2.83. The molecule has 0 spiro atoms. The average molecular weight is 532 g/mol. The number of aromatic nitrogens is 2. The van der Waals surface area contributed by atoms with Crippen molar-refractivity contribution in [2.24, 2.45) is 0 Å². The normalized spacial score (nSPS) is 19.3. The molecule has 1 atom stereocenters. The number of rotatable bonds is 8. The van der Waals surface area contributed by atoms with Crippen LogP contribution in [0.3, 0.4) is 0 Å². The lowest BCUT2D eigenvalue weighted by atomic mass is 10.1. The summed E-state index contributed by atoms with van der Waals surface area (Å²) in [5, 5.41) is 2.74. The minimum Gasteiger partial charge on any atom is -0.469 e. The van der Waals surface area contributed by atoms with Crippen molar-refractivity contribution in [3.63, 3.8) is 0 Å². The molecule has 2 saturated heterocycles. The van der Waals surface area contributed by atoms with Crippen LogP contribution < -0.4 is 15.8 Å². The lowest BCUT2D eigenvalue weighted by molar-refractivity contribution is -0.143. The molecule has 13 heteroatoms. The second-order valence-corrected chi connectivity index (χ2v) is 9.72. The summed E-state index contributed by atoms with van der Waals surface area (Å²) in [6.07, 6.45) is 3.44. The van der Waals surface area contributed by atoms with E-state index in [-0.39, 0.29) is 34.5 Å². The maximum absolute atomic E-state index is 13.6. The molecule has 11 nitrogen and oxygen atoms in total. The highest BCUT2D eigenvalue weighted by Crippen LogP contribution is 2.34. The van der Waals surface area contributed by atoms with E-state index < -0.39 is 17.6 Å². The maximum atomic E-state index is 13.6. The van der Waals surface area contributed by atoms with Crippen molar-refractivity contribution in [1.82, 2.24) is 19.6 Å². The monoisotopic (exact) mass is 531 g/mol. The first kappa shape index (κ1) is 25.8. The van der Waals surface area contributed by atoms with Crippen molar-refractivity contribution in [2.75, 3.05) is 45.4 Å². The number of methoxy groups -OCH3 is 2. The van der Waals surface area contributed by atoms with E-state index in [9.17, 15) is 19.2 Å². The van der Waals surface area contributed by atoms with Gasteiger partial charge in [-0.1, -0.05) is 30.0 Å². The summed E-state index contributed by atoms with van der Waals surface area (Å²) in [5.74, 6) is -1.05. The number of ether oxygens (including phenoxy) is 2. The molecule has 2 aliphatic rings. The van der Waals surface area contributed by atoms with Gasteiger partial charge < -0.3 is 19.7 Å². The standard InChI is InChI=1S/C23H25N5O6S2/c1-33-11-5-9-28-22(32)16(36-23(28)35)12-14-19(25-17-6-3-4-8-27(17)21(14)31)26-10-7-24-20(30)15(26)13-18(29)34-2/h3-4,6,8,12,15H,5,7,9-11,13H2,1-2H3,(H,24,30)/b16-12-/t15-/m1/s1. The number of carbonyl (C=O) groups excluding carboxylic acids is 3. The first-order chi connectivity index (χ1) is 17.3. The quantitative estimate of drug-likeness (QED) is 0.227. The molecule has 4 rings (SSSR count). The third-order valence-corrected chi connectivity index (χ3v) is 7.20. The Balaban J connectivity index is 1.82. The number of piperazine rings is 1. The fourth-order valence-corrected chi connectivity index (χ4v) is 5.33. The zero-order chi connectivity index (χ0) is 25.8. The highest BCUT2D eigenvalue weighted by molar-refractivity contribution is 8.26. The third-order valence-electron chi connectivity index (χ3n) is 5.82. The molecule has 0 radical (unpaired) electrons. The number of fused-ring (bicyclic) bond motifs is 1. The zero-order valence-electron chi connectivity index (χ0n) is 19.8. The molecule has 0 saturated carbocycles. The predicted molar refractivity (Wildman–Crippen MR) is 139 cm³/mol. The minimum atomic E-state index is -0.931. The summed E-state index contributed by atoms with van der Waals surface area (Å²) >= 11 is 6.50. The van der Waals surface area contributed by atoms with Crippen molar-refractivity contribution in [1.29, 1.82) is 0 Å². The molecule has 4 heterocycles. The number of thiocarbonyl (C=S) groups is 1. The summed E-state index contributed by atoms with van der Waals surface area (Å²) in [5.41, 5.74) is 0.0771. The number of amides is 2. The van der Waals surface area contributed by atoms with Gasteiger partial charge in [0.1, 0.15) is 21.8 Å². The number of esters is 1. The van der Waals surface area contributed by atoms with E-state index in [0.29, 0.717) is 42.6 Å². The van der Waals surface area contributed by atoms with Gasteiger partial charge in [0.25, 0.3) is 11.5 Å². The fraction of sp³-hybridized carbons (Fsp3) is 0.391. The Kier molecular flexibility index (Phi) is 8.01. The van der Waals surface area contributed by atoms with E-state index in [0.717, 1.165) is 11.8 Å². The van der Waals surface area contributed by atoms with E-state index in [1.165, 1.54) is 22.5 Å². The largest absolute Gasteiger partial charge is 0.469 e. The fourth-order valence-electron chi connectivity index (χ4n) is 4.04. The molecule has 2 aromatic heterocycles. The average Bonchev–Trinajstić information content (AvgIpc) is 3.14. The van der Waals surface area contributed by atoms with E-state index in [1.54, 1.807) is 36.4 Å². The van der Waals surface area contributed by atoms with Crippen molar-refractivity contribution >= 4 is 63.6 Å². The molecule has 0 bridgehead atoms. The van der Waals surface area contributed by atoms with Gasteiger partial charge in [-0.05, 0) is 24.6 Å². The molecular formula is C23H25N5O6S2. The molecule has 0 aliphatic carbocycles. The number of thioether (sulfide) groups is 1. The lowest BCUT2D eigenvalue weighted by Crippen LogP contribution is -2.57. The molecule has 2 aliphatic heterocycles. The molecule has 2 aromatic rings. The van der Waals surface area contributed by atoms with Crippen LogP contribution in [0.4, 0.5) is 5.82 Å². The van der Waals surface area contributed by atoms with Crippen molar-refractivity contribution in [3.8, 4) is 0 Å². The first-order valence-electron chi connectivity index (χ1n) is 11.2. The van der Waals surface area contributed by atoms with Crippen LogP contribution in [0.15, 0.2) is 34.1 Å². The maximum Gasteiger partial charge on any atom is 0.308 e. The van der Waals surface area contributed by atoms with Crippen LogP contribution in [-0.4, -0.2) is 82.9 Å². The Morgan fingerprint density at radius 3 is 2.86 bits per heavy atom. The van der Waals surface area contributed by atoms with Gasteiger partial charge in [-0.2, -0.15) is 0 Å². The third kappa shape index (κ3) is 5.13. The molecular weight excluding hydrogens is 506 g/mol. The molecule has 0 unspecified atom stereocenters. The number of hydrogen-bond donors (Lipinski definition) is 1. The Hall–Kier alpha value is -3.29. The molecule has 0 aromatic carbocycles. The van der Waals surface area contributed by atoms with Crippen LogP contribution in [0.1, 0.15) is 18.4 Å². The van der Waals surface area contributed by atoms with Crippen LogP contribution in [0.2, 0.25) is 0 Å². The van der Waals surface area contributed by atoms with Crippen molar-refractivity contribution in [3.05, 3.63) is 45.2 Å². The predicted octanol–water partition coefficient (Wildman–Crippen LogP) is 0.800. The van der Waals surface area contributed by atoms with Crippen LogP contribution in [0, 0.1) is 0 Å². The molecule has 2 fully saturated rings. The van der Waals surface area contributed by atoms with Gasteiger partial charge in [-0.3, -0.25) is 28.5 Å². The number of carbonyl (C=O) groups is 3. The number of nitrogens with one attached hydrogen (secondary N) is 1. The van der Waals surface area contributed by atoms with Gasteiger partial charge in [0.05, 0.1) is 24.0 Å². The summed E-state index contributed by atoms with van der Waals surface area (Å²) < 4.78 is 11.6. The molecule has 1 N–H and O–H groups in total. The minimum absolute atomic E-state index is 0.126. The van der Waals surface area contributed by atoms with Gasteiger partial charge in [0.15, 0.2) is 0 Å². The van der Waals surface area contributed by atoms with Crippen molar-refractivity contribution < 1.29 is 23.9 Å². The Bertz CT molecular complexity index is 1310. The van der Waals surface area contributed by atoms with Crippen LogP contribution in [0.5, 0.6) is 0 Å². The number of pyridine rings is 1. The summed E-state index contributed by atoms with van der Waals surface area (Å²) in [4.78, 5) is 59.6. The second-order valence-electron chi connectivity index (χ2n) is 8.04. The molecule has 190 valence electrons. The van der Waals surface area contributed by atoms with Crippen LogP contribution >= 0.6 is 24.0 Å². The zero-order valence-corrected chi connectivity index (χ0v) is 21.4. The van der Waals surface area contributed by atoms with Crippen LogP contribution in [0.25, 0.3) is 11.7 Å². The summed E-state index contributed by atoms with van der Waals surface area (Å²) in [6.45, 7) is 1.48. The van der Waals surface area contributed by atoms with Gasteiger partial charge in [-0.25, -0.2) is 4.98 Å². The molecule has 36 heavy (non-hydrogen) atoms. The van der Waals surface area contributed by atoms with Gasteiger partial charge in [0.2, 0.25) is 5.91 Å². The Labute approximate surface area is 216 Å². The highest BCUT2D eigenvalue weighted by atomic mass is 32.2. The van der Waals surface area contributed by atoms with Gasteiger partial charge in [-0.15, -0.1) is 0 Å². The number of anilines is 1. The first-order valence-corrected chi connectivity index (χ1v) is 12.4. The van der Waals surface area contributed by atoms with E-state index in [1.807, 2.05) is 0 Å². The van der Waals surface area contributed by atoms with Crippen molar-refractivity contribution in [2.45, 2.75) is 18.9 Å². The van der Waals surface area contributed by atoms with E-state index >= 15 is 0 Å². The smallest absolute Gasteiger partial charge is 0.308 e. The van der Waals surface area contributed by atoms with Gasteiger partial charge in [0, 0.05) is 39.5 Å². The van der Waals surface area contributed by atoms with E-state index in [2.05, 4.69) is 10.3 Å². The summed E-state index contributed by atoms with van der Waals surface area (Å²) in [6, 6.07) is 4.18.